The first-order valence-electron chi connectivity index (χ1n) is 7.64. The second-order valence-corrected chi connectivity index (χ2v) is 6.99. The molecular formula is C19H11BrClN3O2. The molecular weight excluding hydrogens is 418 g/mol. The summed E-state index contributed by atoms with van der Waals surface area (Å²) < 4.78 is 6.29. The van der Waals surface area contributed by atoms with Gasteiger partial charge in [-0.3, -0.25) is 0 Å². The van der Waals surface area contributed by atoms with Gasteiger partial charge in [-0.1, -0.05) is 39.7 Å². The molecule has 2 aromatic carbocycles. The molecule has 128 valence electrons. The highest BCUT2D eigenvalue weighted by atomic mass is 79.9. The molecule has 4 rings (SSSR count). The Morgan fingerprint density at radius 3 is 2.62 bits per heavy atom. The first kappa shape index (κ1) is 16.8. The van der Waals surface area contributed by atoms with Crippen LogP contribution >= 0.6 is 27.5 Å². The van der Waals surface area contributed by atoms with Crippen molar-refractivity contribution >= 4 is 44.4 Å². The van der Waals surface area contributed by atoms with Crippen LogP contribution in [0.2, 0.25) is 5.02 Å². The Morgan fingerprint density at radius 1 is 1.00 bits per heavy atom. The summed E-state index contributed by atoms with van der Waals surface area (Å²) in [5.41, 5.74) is 7.93. The molecule has 0 radical (unpaired) electrons. The first-order chi connectivity index (χ1) is 12.5. The van der Waals surface area contributed by atoms with Crippen LogP contribution < -0.4 is 11.4 Å². The summed E-state index contributed by atoms with van der Waals surface area (Å²) in [4.78, 5) is 20.9. The minimum Gasteiger partial charge on any atom is -0.422 e. The lowest BCUT2D eigenvalue weighted by molar-refractivity contribution is 0.563. The van der Waals surface area contributed by atoms with Crippen molar-refractivity contribution in [3.8, 4) is 22.5 Å². The molecule has 0 saturated carbocycles. The fraction of sp³-hybridized carbons (Fsp3) is 0. The minimum atomic E-state index is -0.491. The molecule has 0 spiro atoms. The quantitative estimate of drug-likeness (QED) is 0.458. The van der Waals surface area contributed by atoms with Gasteiger partial charge in [-0.25, -0.2) is 14.8 Å². The SMILES string of the molecule is Nc1nc(-c2cccc(Cl)c2)cc(-c2cc3cc(Br)ccc3oc2=O)n1. The van der Waals surface area contributed by atoms with Crippen molar-refractivity contribution < 1.29 is 4.42 Å². The van der Waals surface area contributed by atoms with E-state index in [0.29, 0.717) is 27.6 Å². The summed E-state index contributed by atoms with van der Waals surface area (Å²) >= 11 is 9.47. The van der Waals surface area contributed by atoms with Gasteiger partial charge in [-0.15, -0.1) is 0 Å². The van der Waals surface area contributed by atoms with Gasteiger partial charge in [0.05, 0.1) is 17.0 Å². The monoisotopic (exact) mass is 427 g/mol. The van der Waals surface area contributed by atoms with E-state index in [4.69, 9.17) is 21.8 Å². The number of nitrogens with zero attached hydrogens (tertiary/aromatic N) is 2. The number of benzene rings is 2. The molecule has 26 heavy (non-hydrogen) atoms. The van der Waals surface area contributed by atoms with Crippen molar-refractivity contribution in [2.45, 2.75) is 0 Å². The molecule has 4 aromatic rings. The standard InChI is InChI=1S/C19H11BrClN3O2/c20-12-4-5-17-11(6-12)8-14(18(25)26-17)16-9-15(23-19(22)24-16)10-2-1-3-13(21)7-10/h1-9H,(H2,22,23,24). The average molecular weight is 429 g/mol. The van der Waals surface area contributed by atoms with E-state index in [0.717, 1.165) is 15.4 Å². The highest BCUT2D eigenvalue weighted by Crippen LogP contribution is 2.27. The Hall–Kier alpha value is -2.70. The number of hydrogen-bond donors (Lipinski definition) is 1. The number of hydrogen-bond acceptors (Lipinski definition) is 5. The molecule has 0 aliphatic rings. The van der Waals surface area contributed by atoms with Gasteiger partial charge in [0.2, 0.25) is 5.95 Å². The summed E-state index contributed by atoms with van der Waals surface area (Å²) in [7, 11) is 0. The summed E-state index contributed by atoms with van der Waals surface area (Å²) in [6.45, 7) is 0. The zero-order chi connectivity index (χ0) is 18.3. The second kappa shape index (κ2) is 6.55. The van der Waals surface area contributed by atoms with Crippen molar-refractivity contribution in [1.29, 1.82) is 0 Å². The molecule has 0 unspecified atom stereocenters. The molecule has 0 aliphatic heterocycles. The zero-order valence-corrected chi connectivity index (χ0v) is 15.6. The van der Waals surface area contributed by atoms with E-state index in [1.807, 2.05) is 24.3 Å². The maximum absolute atomic E-state index is 12.4. The molecule has 7 heteroatoms. The van der Waals surface area contributed by atoms with E-state index < -0.39 is 5.63 Å². The highest BCUT2D eigenvalue weighted by Gasteiger charge is 2.13. The first-order valence-corrected chi connectivity index (χ1v) is 8.81. The molecule has 0 saturated heterocycles. The van der Waals surface area contributed by atoms with Crippen LogP contribution in [-0.4, -0.2) is 9.97 Å². The fourth-order valence-electron chi connectivity index (χ4n) is 2.67. The van der Waals surface area contributed by atoms with Gasteiger partial charge >= 0.3 is 5.63 Å². The molecule has 2 aromatic heterocycles. The van der Waals surface area contributed by atoms with Crippen molar-refractivity contribution in [2.24, 2.45) is 0 Å². The molecule has 0 amide bonds. The Kier molecular flexibility index (Phi) is 4.22. The van der Waals surface area contributed by atoms with Crippen LogP contribution in [-0.2, 0) is 0 Å². The van der Waals surface area contributed by atoms with Crippen molar-refractivity contribution in [3.63, 3.8) is 0 Å². The van der Waals surface area contributed by atoms with Crippen LogP contribution in [0.3, 0.4) is 0 Å². The van der Waals surface area contributed by atoms with Gasteiger partial charge in [-0.2, -0.15) is 0 Å². The van der Waals surface area contributed by atoms with Crippen LogP contribution in [0.15, 0.2) is 68.3 Å². The van der Waals surface area contributed by atoms with Crippen LogP contribution in [0.4, 0.5) is 5.95 Å². The Labute approximate surface area is 161 Å². The van der Waals surface area contributed by atoms with Gasteiger partial charge in [0.25, 0.3) is 0 Å². The van der Waals surface area contributed by atoms with E-state index in [-0.39, 0.29) is 5.95 Å². The maximum Gasteiger partial charge on any atom is 0.345 e. The minimum absolute atomic E-state index is 0.0613. The van der Waals surface area contributed by atoms with E-state index >= 15 is 0 Å². The summed E-state index contributed by atoms with van der Waals surface area (Å²) in [6.07, 6.45) is 0. The number of nitrogen functional groups attached to an aromatic ring is 1. The van der Waals surface area contributed by atoms with Crippen LogP contribution in [0.25, 0.3) is 33.5 Å². The van der Waals surface area contributed by atoms with E-state index in [1.54, 1.807) is 30.3 Å². The third-order valence-electron chi connectivity index (χ3n) is 3.83. The summed E-state index contributed by atoms with van der Waals surface area (Å²) in [5.74, 6) is 0.0613. The normalized spacial score (nSPS) is 11.0. The van der Waals surface area contributed by atoms with Gasteiger partial charge in [-0.05, 0) is 42.5 Å². The molecule has 2 heterocycles. The van der Waals surface area contributed by atoms with Gasteiger partial charge < -0.3 is 10.2 Å². The lowest BCUT2D eigenvalue weighted by atomic mass is 10.1. The lowest BCUT2D eigenvalue weighted by Crippen LogP contribution is -2.06. The molecule has 0 fully saturated rings. The largest absolute Gasteiger partial charge is 0.422 e. The molecule has 2 N–H and O–H groups in total. The third-order valence-corrected chi connectivity index (χ3v) is 4.56. The summed E-state index contributed by atoms with van der Waals surface area (Å²) in [6, 6.07) is 16.0. The Morgan fingerprint density at radius 2 is 1.81 bits per heavy atom. The molecule has 0 bridgehead atoms. The number of rotatable bonds is 2. The number of fused-ring (bicyclic) bond motifs is 1. The van der Waals surface area contributed by atoms with E-state index in [1.165, 1.54) is 0 Å². The van der Waals surface area contributed by atoms with Gasteiger partial charge in [0.1, 0.15) is 5.58 Å². The molecule has 0 atom stereocenters. The molecule has 5 nitrogen and oxygen atoms in total. The Bertz CT molecular complexity index is 1210. The zero-order valence-electron chi connectivity index (χ0n) is 13.2. The van der Waals surface area contributed by atoms with E-state index in [9.17, 15) is 4.79 Å². The predicted octanol–water partition coefficient (Wildman–Crippen LogP) is 4.92. The number of anilines is 1. The number of halogens is 2. The van der Waals surface area contributed by atoms with Gasteiger partial charge in [0.15, 0.2) is 0 Å². The lowest BCUT2D eigenvalue weighted by Gasteiger charge is -2.07. The average Bonchev–Trinajstić information content (AvgIpc) is 2.61. The Balaban J connectivity index is 1.92. The fourth-order valence-corrected chi connectivity index (χ4v) is 3.24. The number of aromatic nitrogens is 2. The van der Waals surface area contributed by atoms with E-state index in [2.05, 4.69) is 25.9 Å². The van der Waals surface area contributed by atoms with Crippen molar-refractivity contribution in [2.75, 3.05) is 5.73 Å². The van der Waals surface area contributed by atoms with Crippen LogP contribution in [0.1, 0.15) is 0 Å². The molecule has 0 aliphatic carbocycles. The topological polar surface area (TPSA) is 82.0 Å². The van der Waals surface area contributed by atoms with Crippen molar-refractivity contribution in [1.82, 2.24) is 9.97 Å². The van der Waals surface area contributed by atoms with Crippen LogP contribution in [0, 0.1) is 0 Å². The highest BCUT2D eigenvalue weighted by molar-refractivity contribution is 9.10. The summed E-state index contributed by atoms with van der Waals surface area (Å²) in [5, 5.41) is 1.35. The number of nitrogens with two attached hydrogens (primary N) is 1. The van der Waals surface area contributed by atoms with Crippen molar-refractivity contribution in [3.05, 3.63) is 74.5 Å². The maximum atomic E-state index is 12.4. The van der Waals surface area contributed by atoms with Crippen LogP contribution in [0.5, 0.6) is 0 Å². The smallest absolute Gasteiger partial charge is 0.345 e. The third kappa shape index (κ3) is 3.21. The second-order valence-electron chi connectivity index (χ2n) is 5.64. The predicted molar refractivity (Wildman–Crippen MR) is 106 cm³/mol. The van der Waals surface area contributed by atoms with Gasteiger partial charge in [0, 0.05) is 20.4 Å².